The molecule has 0 aromatic carbocycles. The van der Waals surface area contributed by atoms with Crippen LogP contribution in [0.1, 0.15) is 46.3 Å². The fourth-order valence-corrected chi connectivity index (χ4v) is 4.09. The highest BCUT2D eigenvalue weighted by Gasteiger charge is 2.24. The van der Waals surface area contributed by atoms with Crippen molar-refractivity contribution in [2.24, 2.45) is 5.92 Å². The largest absolute Gasteiger partial charge is 0.467 e. The molecule has 0 spiro atoms. The number of thioether (sulfide) groups is 1. The van der Waals surface area contributed by atoms with E-state index in [9.17, 15) is 9.59 Å². The summed E-state index contributed by atoms with van der Waals surface area (Å²) in [6.07, 6.45) is 3.96. The minimum atomic E-state index is -0.506. The standard InChI is InChI=1S/C20H30N6O3S/c1-14-7-5-9-25(11-14)18-23-24-19(26(18)12-15-8-6-10-29-15)30-13-16(27)21-17(28)22-20(2,3)4/h6,8,10,14H,5,7,9,11-13H2,1-4H3,(H2,21,22,27,28)/t14-/m0/s1. The van der Waals surface area contributed by atoms with Gasteiger partial charge in [0.2, 0.25) is 11.9 Å². The van der Waals surface area contributed by atoms with E-state index in [4.69, 9.17) is 4.42 Å². The molecule has 1 fully saturated rings. The highest BCUT2D eigenvalue weighted by molar-refractivity contribution is 7.99. The number of anilines is 1. The molecule has 2 N–H and O–H groups in total. The molecule has 0 unspecified atom stereocenters. The van der Waals surface area contributed by atoms with Crippen LogP contribution in [0, 0.1) is 5.92 Å². The average molecular weight is 435 g/mol. The van der Waals surface area contributed by atoms with Crippen LogP contribution < -0.4 is 15.5 Å². The predicted molar refractivity (Wildman–Crippen MR) is 116 cm³/mol. The molecule has 1 aliphatic rings. The predicted octanol–water partition coefficient (Wildman–Crippen LogP) is 2.87. The van der Waals surface area contributed by atoms with E-state index in [1.54, 1.807) is 6.26 Å². The molecule has 3 amide bonds. The first kappa shape index (κ1) is 22.2. The summed E-state index contributed by atoms with van der Waals surface area (Å²) in [6, 6.07) is 3.24. The third-order valence-electron chi connectivity index (χ3n) is 4.61. The minimum absolute atomic E-state index is 0.0598. The summed E-state index contributed by atoms with van der Waals surface area (Å²) in [5, 5.41) is 14.4. The van der Waals surface area contributed by atoms with Gasteiger partial charge in [0.25, 0.3) is 0 Å². The Kier molecular flexibility index (Phi) is 7.06. The number of nitrogens with one attached hydrogen (secondary N) is 2. The Bertz CT molecular complexity index is 859. The zero-order chi connectivity index (χ0) is 21.7. The Morgan fingerprint density at radius 3 is 2.80 bits per heavy atom. The van der Waals surface area contributed by atoms with Gasteiger partial charge in [-0.15, -0.1) is 10.2 Å². The van der Waals surface area contributed by atoms with E-state index in [0.29, 0.717) is 17.6 Å². The van der Waals surface area contributed by atoms with Crippen LogP contribution in [0.4, 0.5) is 10.7 Å². The third-order valence-corrected chi connectivity index (χ3v) is 5.57. The van der Waals surface area contributed by atoms with Crippen molar-refractivity contribution in [3.63, 3.8) is 0 Å². The summed E-state index contributed by atoms with van der Waals surface area (Å²) in [6.45, 7) is 10.1. The molecule has 0 radical (unpaired) electrons. The van der Waals surface area contributed by atoms with Crippen LogP contribution in [-0.4, -0.2) is 51.1 Å². The number of furan rings is 1. The number of carbonyl (C=O) groups is 2. The number of aromatic nitrogens is 3. The molecule has 1 atom stereocenters. The van der Waals surface area contributed by atoms with Gasteiger partial charge in [0.15, 0.2) is 5.16 Å². The van der Waals surface area contributed by atoms with Gasteiger partial charge < -0.3 is 14.6 Å². The first-order valence-corrected chi connectivity index (χ1v) is 11.1. The van der Waals surface area contributed by atoms with Crippen molar-refractivity contribution >= 4 is 29.6 Å². The Labute approximate surface area is 181 Å². The molecule has 3 rings (SSSR count). The maximum absolute atomic E-state index is 12.2. The molecule has 2 aromatic rings. The Balaban J connectivity index is 1.69. The zero-order valence-electron chi connectivity index (χ0n) is 18.0. The number of urea groups is 1. The Hall–Kier alpha value is -2.49. The van der Waals surface area contributed by atoms with Crippen molar-refractivity contribution in [1.29, 1.82) is 0 Å². The van der Waals surface area contributed by atoms with Gasteiger partial charge in [-0.1, -0.05) is 18.7 Å². The van der Waals surface area contributed by atoms with Gasteiger partial charge in [-0.05, 0) is 51.7 Å². The van der Waals surface area contributed by atoms with E-state index in [0.717, 1.165) is 31.2 Å². The van der Waals surface area contributed by atoms with Crippen molar-refractivity contribution in [1.82, 2.24) is 25.4 Å². The van der Waals surface area contributed by atoms with E-state index in [-0.39, 0.29) is 11.7 Å². The van der Waals surface area contributed by atoms with E-state index in [1.165, 1.54) is 18.2 Å². The highest BCUT2D eigenvalue weighted by Crippen LogP contribution is 2.27. The van der Waals surface area contributed by atoms with Crippen molar-refractivity contribution in [3.05, 3.63) is 24.2 Å². The van der Waals surface area contributed by atoms with Crippen molar-refractivity contribution in [2.75, 3.05) is 23.7 Å². The van der Waals surface area contributed by atoms with Gasteiger partial charge in [0.05, 0.1) is 18.6 Å². The lowest BCUT2D eigenvalue weighted by Crippen LogP contribution is -2.48. The smallest absolute Gasteiger partial charge is 0.321 e. The first-order valence-electron chi connectivity index (χ1n) is 10.2. The number of piperidine rings is 1. The van der Waals surface area contributed by atoms with Crippen molar-refractivity contribution in [3.8, 4) is 0 Å². The molecule has 0 bridgehead atoms. The van der Waals surface area contributed by atoms with Gasteiger partial charge in [-0.3, -0.25) is 14.7 Å². The Morgan fingerprint density at radius 1 is 1.33 bits per heavy atom. The van der Waals surface area contributed by atoms with Crippen LogP contribution in [0.2, 0.25) is 0 Å². The van der Waals surface area contributed by atoms with Crippen LogP contribution in [0.15, 0.2) is 28.0 Å². The fourth-order valence-electron chi connectivity index (χ4n) is 3.35. The summed E-state index contributed by atoms with van der Waals surface area (Å²) in [5.74, 6) is 1.84. The number of carbonyl (C=O) groups excluding carboxylic acids is 2. The second kappa shape index (κ2) is 9.55. The molecular formula is C20H30N6O3S. The molecule has 164 valence electrons. The molecule has 2 aromatic heterocycles. The van der Waals surface area contributed by atoms with Gasteiger partial charge in [-0.2, -0.15) is 0 Å². The number of rotatable bonds is 6. The van der Waals surface area contributed by atoms with Crippen molar-refractivity contribution in [2.45, 2.75) is 57.8 Å². The van der Waals surface area contributed by atoms with Gasteiger partial charge >= 0.3 is 6.03 Å². The van der Waals surface area contributed by atoms with E-state index in [1.807, 2.05) is 37.5 Å². The quantitative estimate of drug-likeness (QED) is 0.674. The minimum Gasteiger partial charge on any atom is -0.467 e. The third kappa shape index (κ3) is 6.25. The number of hydrogen-bond donors (Lipinski definition) is 2. The Morgan fingerprint density at radius 2 is 2.13 bits per heavy atom. The molecule has 0 saturated carbocycles. The second-order valence-electron chi connectivity index (χ2n) is 8.68. The lowest BCUT2D eigenvalue weighted by atomic mass is 10.0. The van der Waals surface area contributed by atoms with Crippen LogP contribution in [0.3, 0.4) is 0 Å². The fraction of sp³-hybridized carbons (Fsp3) is 0.600. The molecule has 1 aliphatic heterocycles. The molecule has 1 saturated heterocycles. The van der Waals surface area contributed by atoms with Crippen molar-refractivity contribution < 1.29 is 14.0 Å². The molecular weight excluding hydrogens is 404 g/mol. The number of imide groups is 1. The maximum atomic E-state index is 12.2. The monoisotopic (exact) mass is 434 g/mol. The van der Waals surface area contributed by atoms with E-state index in [2.05, 4.69) is 32.7 Å². The zero-order valence-corrected chi connectivity index (χ0v) is 18.8. The molecule has 10 heteroatoms. The maximum Gasteiger partial charge on any atom is 0.321 e. The summed E-state index contributed by atoms with van der Waals surface area (Å²) >= 11 is 1.25. The SMILES string of the molecule is C[C@H]1CCCN(c2nnc(SCC(=O)NC(=O)NC(C)(C)C)n2Cc2ccco2)C1. The van der Waals surface area contributed by atoms with E-state index < -0.39 is 11.6 Å². The van der Waals surface area contributed by atoms with Crippen LogP contribution in [0.5, 0.6) is 0 Å². The summed E-state index contributed by atoms with van der Waals surface area (Å²) < 4.78 is 7.49. The topological polar surface area (TPSA) is 105 Å². The second-order valence-corrected chi connectivity index (χ2v) is 9.62. The molecule has 3 heterocycles. The lowest BCUT2D eigenvalue weighted by Gasteiger charge is -2.31. The molecule has 0 aliphatic carbocycles. The van der Waals surface area contributed by atoms with Crippen LogP contribution in [-0.2, 0) is 11.3 Å². The van der Waals surface area contributed by atoms with Gasteiger partial charge in [0, 0.05) is 18.6 Å². The highest BCUT2D eigenvalue weighted by atomic mass is 32.2. The summed E-state index contributed by atoms with van der Waals surface area (Å²) in [4.78, 5) is 26.4. The average Bonchev–Trinajstić information content (AvgIpc) is 3.29. The van der Waals surface area contributed by atoms with Gasteiger partial charge in [-0.25, -0.2) is 4.79 Å². The number of amides is 3. The summed E-state index contributed by atoms with van der Waals surface area (Å²) in [7, 11) is 0. The van der Waals surface area contributed by atoms with Crippen LogP contribution in [0.25, 0.3) is 0 Å². The molecule has 9 nitrogen and oxygen atoms in total. The first-order chi connectivity index (χ1) is 14.2. The van der Waals surface area contributed by atoms with Crippen LogP contribution >= 0.6 is 11.8 Å². The van der Waals surface area contributed by atoms with Gasteiger partial charge in [0.1, 0.15) is 5.76 Å². The number of hydrogen-bond acceptors (Lipinski definition) is 7. The molecule has 30 heavy (non-hydrogen) atoms. The van der Waals surface area contributed by atoms with E-state index >= 15 is 0 Å². The lowest BCUT2D eigenvalue weighted by molar-refractivity contribution is -0.117. The summed E-state index contributed by atoms with van der Waals surface area (Å²) in [5.41, 5.74) is -0.415. The number of nitrogens with zero attached hydrogens (tertiary/aromatic N) is 4. The normalized spacial score (nSPS) is 17.1.